The maximum atomic E-state index is 5.93. The minimum Gasteiger partial charge on any atom is -0.491 e. The Bertz CT molecular complexity index is 640. The maximum absolute atomic E-state index is 5.93. The molecule has 1 unspecified atom stereocenters. The first-order valence-corrected chi connectivity index (χ1v) is 7.65. The predicted octanol–water partition coefficient (Wildman–Crippen LogP) is 2.67. The lowest BCUT2D eigenvalue weighted by Crippen LogP contribution is -2.39. The zero-order valence-corrected chi connectivity index (χ0v) is 12.8. The number of hydrogen-bond acceptors (Lipinski definition) is 4. The molecule has 0 radical (unpaired) electrons. The number of para-hydroxylation sites is 1. The van der Waals surface area contributed by atoms with Crippen LogP contribution in [0.1, 0.15) is 6.92 Å². The molecule has 2 N–H and O–H groups in total. The number of rotatable bonds is 5. The summed E-state index contributed by atoms with van der Waals surface area (Å²) in [4.78, 5) is 4.37. The minimum atomic E-state index is 0.419. The fourth-order valence-electron chi connectivity index (χ4n) is 2.44. The van der Waals surface area contributed by atoms with Crippen molar-refractivity contribution in [1.82, 2.24) is 10.6 Å². The highest BCUT2D eigenvalue weighted by Crippen LogP contribution is 2.29. The average molecular weight is 295 g/mol. The first-order chi connectivity index (χ1) is 10.8. The molecule has 0 amide bonds. The SMILES string of the molecule is CC1CN=C(NCCOc2ccccc2-c2ccccc2)N1. The number of nitrogens with one attached hydrogen (secondary N) is 2. The lowest BCUT2D eigenvalue weighted by Gasteiger charge is -2.13. The molecule has 4 heteroatoms. The predicted molar refractivity (Wildman–Crippen MR) is 90.3 cm³/mol. The van der Waals surface area contributed by atoms with Gasteiger partial charge < -0.3 is 15.4 Å². The van der Waals surface area contributed by atoms with Gasteiger partial charge in [0.05, 0.1) is 13.1 Å². The van der Waals surface area contributed by atoms with Crippen molar-refractivity contribution in [3.63, 3.8) is 0 Å². The van der Waals surface area contributed by atoms with Crippen molar-refractivity contribution in [2.45, 2.75) is 13.0 Å². The van der Waals surface area contributed by atoms with Gasteiger partial charge in [-0.2, -0.15) is 0 Å². The summed E-state index contributed by atoms with van der Waals surface area (Å²) in [5.74, 6) is 1.78. The van der Waals surface area contributed by atoms with E-state index in [9.17, 15) is 0 Å². The van der Waals surface area contributed by atoms with Crippen molar-refractivity contribution in [2.24, 2.45) is 4.99 Å². The van der Waals surface area contributed by atoms with Crippen LogP contribution in [0.5, 0.6) is 5.75 Å². The van der Waals surface area contributed by atoms with E-state index >= 15 is 0 Å². The van der Waals surface area contributed by atoms with E-state index in [4.69, 9.17) is 4.74 Å². The normalized spacial score (nSPS) is 16.8. The molecule has 1 aliphatic heterocycles. The van der Waals surface area contributed by atoms with Gasteiger partial charge in [-0.1, -0.05) is 48.5 Å². The molecule has 22 heavy (non-hydrogen) atoms. The molecule has 4 nitrogen and oxygen atoms in total. The molecule has 1 atom stereocenters. The second kappa shape index (κ2) is 6.98. The van der Waals surface area contributed by atoms with E-state index in [0.29, 0.717) is 12.6 Å². The number of aliphatic imine (C=N–C) groups is 1. The van der Waals surface area contributed by atoms with Gasteiger partial charge in [-0.25, -0.2) is 0 Å². The van der Waals surface area contributed by atoms with Crippen LogP contribution in [0, 0.1) is 0 Å². The fourth-order valence-corrected chi connectivity index (χ4v) is 2.44. The number of ether oxygens (including phenoxy) is 1. The molecular formula is C18H21N3O. The highest BCUT2D eigenvalue weighted by Gasteiger charge is 2.11. The maximum Gasteiger partial charge on any atom is 0.191 e. The van der Waals surface area contributed by atoms with Crippen molar-refractivity contribution in [3.8, 4) is 16.9 Å². The van der Waals surface area contributed by atoms with Gasteiger partial charge in [-0.05, 0) is 18.6 Å². The second-order valence-corrected chi connectivity index (χ2v) is 5.37. The van der Waals surface area contributed by atoms with Gasteiger partial charge in [-0.3, -0.25) is 4.99 Å². The van der Waals surface area contributed by atoms with Crippen molar-refractivity contribution in [2.75, 3.05) is 19.7 Å². The van der Waals surface area contributed by atoms with Crippen LogP contribution >= 0.6 is 0 Å². The van der Waals surface area contributed by atoms with Gasteiger partial charge >= 0.3 is 0 Å². The quantitative estimate of drug-likeness (QED) is 0.834. The van der Waals surface area contributed by atoms with Crippen LogP contribution in [-0.4, -0.2) is 31.7 Å². The number of benzene rings is 2. The largest absolute Gasteiger partial charge is 0.491 e. The molecule has 0 fully saturated rings. The lowest BCUT2D eigenvalue weighted by atomic mass is 10.1. The molecular weight excluding hydrogens is 274 g/mol. The van der Waals surface area contributed by atoms with E-state index < -0.39 is 0 Å². The van der Waals surface area contributed by atoms with E-state index in [-0.39, 0.29) is 0 Å². The Balaban J connectivity index is 1.57. The van der Waals surface area contributed by atoms with Crippen LogP contribution in [0.4, 0.5) is 0 Å². The van der Waals surface area contributed by atoms with Gasteiger partial charge in [0.2, 0.25) is 0 Å². The molecule has 1 aliphatic rings. The third kappa shape index (κ3) is 3.58. The smallest absolute Gasteiger partial charge is 0.191 e. The number of nitrogens with zero attached hydrogens (tertiary/aromatic N) is 1. The molecule has 0 aliphatic carbocycles. The van der Waals surface area contributed by atoms with Crippen molar-refractivity contribution in [3.05, 3.63) is 54.6 Å². The molecule has 0 spiro atoms. The zero-order valence-electron chi connectivity index (χ0n) is 12.8. The number of hydrogen-bond donors (Lipinski definition) is 2. The van der Waals surface area contributed by atoms with Gasteiger partial charge in [0.15, 0.2) is 5.96 Å². The molecule has 114 valence electrons. The van der Waals surface area contributed by atoms with Crippen molar-refractivity contribution >= 4 is 5.96 Å². The Hall–Kier alpha value is -2.49. The van der Waals surface area contributed by atoms with E-state index in [0.717, 1.165) is 30.4 Å². The lowest BCUT2D eigenvalue weighted by molar-refractivity contribution is 0.323. The van der Waals surface area contributed by atoms with E-state index in [1.54, 1.807) is 0 Å². The van der Waals surface area contributed by atoms with Crippen LogP contribution in [-0.2, 0) is 0 Å². The Morgan fingerprint density at radius 3 is 2.68 bits per heavy atom. The van der Waals surface area contributed by atoms with Gasteiger partial charge in [0.25, 0.3) is 0 Å². The first-order valence-electron chi connectivity index (χ1n) is 7.65. The third-order valence-corrected chi connectivity index (χ3v) is 3.53. The third-order valence-electron chi connectivity index (χ3n) is 3.53. The summed E-state index contributed by atoms with van der Waals surface area (Å²) in [6, 6.07) is 18.8. The molecule has 0 aromatic heterocycles. The van der Waals surface area contributed by atoms with E-state index in [1.165, 1.54) is 5.56 Å². The summed E-state index contributed by atoms with van der Waals surface area (Å²) < 4.78 is 5.93. The Morgan fingerprint density at radius 1 is 1.14 bits per heavy atom. The Kier molecular flexibility index (Phi) is 4.59. The van der Waals surface area contributed by atoms with Crippen LogP contribution in [0.3, 0.4) is 0 Å². The van der Waals surface area contributed by atoms with Crippen LogP contribution in [0.25, 0.3) is 11.1 Å². The summed E-state index contributed by atoms with van der Waals surface area (Å²) >= 11 is 0. The van der Waals surface area contributed by atoms with Gasteiger partial charge in [-0.15, -0.1) is 0 Å². The minimum absolute atomic E-state index is 0.419. The second-order valence-electron chi connectivity index (χ2n) is 5.37. The highest BCUT2D eigenvalue weighted by molar-refractivity contribution is 5.81. The molecule has 2 aromatic rings. The summed E-state index contributed by atoms with van der Waals surface area (Å²) in [6.45, 7) is 4.27. The Morgan fingerprint density at radius 2 is 1.91 bits per heavy atom. The van der Waals surface area contributed by atoms with Crippen LogP contribution in [0.15, 0.2) is 59.6 Å². The number of guanidine groups is 1. The first kappa shape index (κ1) is 14.4. The molecule has 0 bridgehead atoms. The fraction of sp³-hybridized carbons (Fsp3) is 0.278. The van der Waals surface area contributed by atoms with Crippen molar-refractivity contribution in [1.29, 1.82) is 0 Å². The summed E-state index contributed by atoms with van der Waals surface area (Å²) in [7, 11) is 0. The Labute approximate surface area is 131 Å². The molecule has 1 heterocycles. The zero-order chi connectivity index (χ0) is 15.2. The summed E-state index contributed by atoms with van der Waals surface area (Å²) in [5.41, 5.74) is 2.29. The molecule has 0 saturated heterocycles. The summed E-state index contributed by atoms with van der Waals surface area (Å²) in [6.07, 6.45) is 0. The highest BCUT2D eigenvalue weighted by atomic mass is 16.5. The summed E-state index contributed by atoms with van der Waals surface area (Å²) in [5, 5.41) is 6.53. The topological polar surface area (TPSA) is 45.7 Å². The molecule has 3 rings (SSSR count). The monoisotopic (exact) mass is 295 g/mol. The van der Waals surface area contributed by atoms with Gasteiger partial charge in [0, 0.05) is 11.6 Å². The van der Waals surface area contributed by atoms with Gasteiger partial charge in [0.1, 0.15) is 12.4 Å². The standard InChI is InChI=1S/C18H21N3O/c1-14-13-20-18(21-14)19-11-12-22-17-10-6-5-9-16(17)15-7-3-2-4-8-15/h2-10,14H,11-13H2,1H3,(H2,19,20,21). The van der Waals surface area contributed by atoms with E-state index in [2.05, 4.69) is 40.7 Å². The molecule has 0 saturated carbocycles. The van der Waals surface area contributed by atoms with Crippen molar-refractivity contribution < 1.29 is 4.74 Å². The average Bonchev–Trinajstić information content (AvgIpc) is 2.98. The van der Waals surface area contributed by atoms with E-state index in [1.807, 2.05) is 36.4 Å². The molecule has 2 aromatic carbocycles. The van der Waals surface area contributed by atoms with Crippen LogP contribution < -0.4 is 15.4 Å². The van der Waals surface area contributed by atoms with Crippen LogP contribution in [0.2, 0.25) is 0 Å².